The van der Waals surface area contributed by atoms with E-state index in [1.165, 1.54) is 56.8 Å². The van der Waals surface area contributed by atoms with E-state index in [4.69, 9.17) is 14.9 Å². The molecule has 2 aromatic heterocycles. The number of hydrogen-bond donors (Lipinski definition) is 1. The SMILES string of the molecule is C=C.Cc1ncc(CC(N)=O)o1.FC(F)COc1ccc2c(n1)CCN(CCC1CCCCC1)CC2. The Bertz CT molecular complexity index is 916. The van der Waals surface area contributed by atoms with Crippen molar-refractivity contribution in [1.29, 1.82) is 0 Å². The number of hydrogen-bond acceptors (Lipinski definition) is 6. The molecule has 7 nitrogen and oxygen atoms in total. The zero-order valence-electron chi connectivity index (χ0n) is 21.4. The summed E-state index contributed by atoms with van der Waals surface area (Å²) in [5.41, 5.74) is 7.16. The highest BCUT2D eigenvalue weighted by Crippen LogP contribution is 2.27. The second-order valence-corrected chi connectivity index (χ2v) is 9.08. The average Bonchev–Trinajstić information content (AvgIpc) is 3.17. The number of halogens is 2. The number of ether oxygens (including phenoxy) is 1. The van der Waals surface area contributed by atoms with E-state index in [9.17, 15) is 13.6 Å². The number of primary amides is 1. The Kier molecular flexibility index (Phi) is 13.1. The molecule has 0 atom stereocenters. The summed E-state index contributed by atoms with van der Waals surface area (Å²) < 4.78 is 34.5. The molecule has 0 spiro atoms. The highest BCUT2D eigenvalue weighted by molar-refractivity contribution is 5.75. The standard InChI is InChI=1S/C19H28F2N2O.C6H8N2O2.C2H4/c20-18(21)14-24-19-7-6-16-9-12-23(13-10-17(16)22-19)11-8-15-4-2-1-3-5-15;1-4-8-3-5(10-4)2-6(7)9;1-2/h6-7,15,18H,1-5,8-14H2;3H,2H2,1H3,(H2,7,9);1-2H2. The smallest absolute Gasteiger partial charge is 0.272 e. The quantitative estimate of drug-likeness (QED) is 0.511. The van der Waals surface area contributed by atoms with Crippen molar-refractivity contribution < 1.29 is 22.7 Å². The number of carbonyl (C=O) groups is 1. The van der Waals surface area contributed by atoms with Crippen LogP contribution in [-0.4, -0.2) is 53.4 Å². The van der Waals surface area contributed by atoms with Gasteiger partial charge in [-0.2, -0.15) is 0 Å². The Morgan fingerprint density at radius 3 is 2.58 bits per heavy atom. The number of alkyl halides is 2. The molecular formula is C27H40F2N4O3. The molecule has 1 amide bonds. The van der Waals surface area contributed by atoms with Gasteiger partial charge in [-0.25, -0.2) is 18.7 Å². The molecule has 0 unspecified atom stereocenters. The summed E-state index contributed by atoms with van der Waals surface area (Å²) in [5.74, 6) is 1.90. The average molecular weight is 507 g/mol. The maximum atomic E-state index is 12.3. The zero-order valence-corrected chi connectivity index (χ0v) is 21.4. The van der Waals surface area contributed by atoms with Crippen molar-refractivity contribution in [3.63, 3.8) is 0 Å². The van der Waals surface area contributed by atoms with E-state index in [0.717, 1.165) is 37.5 Å². The minimum atomic E-state index is -2.46. The number of nitrogens with zero attached hydrogens (tertiary/aromatic N) is 3. The molecule has 1 fully saturated rings. The van der Waals surface area contributed by atoms with Gasteiger partial charge in [0.2, 0.25) is 11.8 Å². The molecule has 2 aromatic rings. The van der Waals surface area contributed by atoms with E-state index in [-0.39, 0.29) is 6.42 Å². The summed E-state index contributed by atoms with van der Waals surface area (Å²) >= 11 is 0. The lowest BCUT2D eigenvalue weighted by molar-refractivity contribution is -0.117. The van der Waals surface area contributed by atoms with Crippen molar-refractivity contribution in [2.45, 2.75) is 71.1 Å². The first kappa shape index (κ1) is 29.4. The molecule has 200 valence electrons. The molecule has 0 bridgehead atoms. The number of fused-ring (bicyclic) bond motifs is 1. The maximum Gasteiger partial charge on any atom is 0.272 e. The van der Waals surface area contributed by atoms with Gasteiger partial charge in [0.25, 0.3) is 6.43 Å². The molecular weight excluding hydrogens is 466 g/mol. The minimum Gasteiger partial charge on any atom is -0.472 e. The highest BCUT2D eigenvalue weighted by atomic mass is 19.3. The molecule has 1 aliphatic heterocycles. The fourth-order valence-electron chi connectivity index (χ4n) is 4.56. The van der Waals surface area contributed by atoms with Gasteiger partial charge in [0.05, 0.1) is 12.6 Å². The van der Waals surface area contributed by atoms with Crippen molar-refractivity contribution in [3.8, 4) is 5.88 Å². The van der Waals surface area contributed by atoms with Crippen LogP contribution in [0.25, 0.3) is 0 Å². The van der Waals surface area contributed by atoms with Crippen LogP contribution in [0.2, 0.25) is 0 Å². The van der Waals surface area contributed by atoms with E-state index >= 15 is 0 Å². The van der Waals surface area contributed by atoms with Crippen LogP contribution in [0, 0.1) is 12.8 Å². The molecule has 0 radical (unpaired) electrons. The molecule has 3 heterocycles. The molecule has 1 aliphatic carbocycles. The molecule has 9 heteroatoms. The molecule has 2 N–H and O–H groups in total. The third-order valence-corrected chi connectivity index (χ3v) is 6.36. The fraction of sp³-hybridized carbons (Fsp3) is 0.593. The highest BCUT2D eigenvalue weighted by Gasteiger charge is 2.19. The van der Waals surface area contributed by atoms with Gasteiger partial charge in [-0.1, -0.05) is 38.2 Å². The van der Waals surface area contributed by atoms with Crippen LogP contribution in [0.1, 0.15) is 61.4 Å². The zero-order chi connectivity index (χ0) is 26.3. The van der Waals surface area contributed by atoms with Gasteiger partial charge in [0.15, 0.2) is 12.5 Å². The summed E-state index contributed by atoms with van der Waals surface area (Å²) in [7, 11) is 0. The van der Waals surface area contributed by atoms with Gasteiger partial charge >= 0.3 is 0 Å². The molecule has 1 saturated carbocycles. The normalized spacial score (nSPS) is 16.1. The number of carbonyl (C=O) groups excluding carboxylic acids is 1. The second-order valence-electron chi connectivity index (χ2n) is 9.08. The van der Waals surface area contributed by atoms with E-state index in [2.05, 4.69) is 28.0 Å². The monoisotopic (exact) mass is 506 g/mol. The van der Waals surface area contributed by atoms with Crippen molar-refractivity contribution in [3.05, 3.63) is 54.4 Å². The predicted octanol–water partition coefficient (Wildman–Crippen LogP) is 4.91. The topological polar surface area (TPSA) is 94.5 Å². The largest absolute Gasteiger partial charge is 0.472 e. The van der Waals surface area contributed by atoms with E-state index < -0.39 is 18.9 Å². The Balaban J connectivity index is 0.000000318. The summed E-state index contributed by atoms with van der Waals surface area (Å²) in [6, 6.07) is 3.71. The van der Waals surface area contributed by atoms with Gasteiger partial charge in [-0.05, 0) is 30.9 Å². The van der Waals surface area contributed by atoms with Crippen molar-refractivity contribution in [2.24, 2.45) is 11.7 Å². The molecule has 0 aromatic carbocycles. The van der Waals surface area contributed by atoms with E-state index in [1.54, 1.807) is 13.0 Å². The van der Waals surface area contributed by atoms with Gasteiger partial charge in [0.1, 0.15) is 5.76 Å². The minimum absolute atomic E-state index is 0.126. The first-order valence-corrected chi connectivity index (χ1v) is 12.7. The summed E-state index contributed by atoms with van der Waals surface area (Å²) in [6.07, 6.45) is 9.38. The third kappa shape index (κ3) is 10.8. The van der Waals surface area contributed by atoms with Crippen LogP contribution in [0.4, 0.5) is 8.78 Å². The summed E-state index contributed by atoms with van der Waals surface area (Å²) in [4.78, 5) is 21.1. The van der Waals surface area contributed by atoms with Gasteiger partial charge < -0.3 is 19.8 Å². The van der Waals surface area contributed by atoms with E-state index in [1.807, 2.05) is 6.07 Å². The van der Waals surface area contributed by atoms with Crippen LogP contribution in [0.15, 0.2) is 35.9 Å². The van der Waals surface area contributed by atoms with Crippen LogP contribution in [0.5, 0.6) is 5.88 Å². The molecule has 4 rings (SSSR count). The lowest BCUT2D eigenvalue weighted by Crippen LogP contribution is -2.29. The van der Waals surface area contributed by atoms with Gasteiger partial charge in [-0.3, -0.25) is 4.79 Å². The lowest BCUT2D eigenvalue weighted by atomic mass is 9.87. The lowest BCUT2D eigenvalue weighted by Gasteiger charge is -2.26. The van der Waals surface area contributed by atoms with Crippen molar-refractivity contribution in [1.82, 2.24) is 14.9 Å². The van der Waals surface area contributed by atoms with Gasteiger partial charge in [0, 0.05) is 38.2 Å². The molecule has 2 aliphatic rings. The number of nitrogens with two attached hydrogens (primary N) is 1. The predicted molar refractivity (Wildman–Crippen MR) is 136 cm³/mol. The Morgan fingerprint density at radius 2 is 1.94 bits per heavy atom. The maximum absolute atomic E-state index is 12.3. The number of rotatable bonds is 8. The van der Waals surface area contributed by atoms with E-state index in [0.29, 0.717) is 17.5 Å². The van der Waals surface area contributed by atoms with Crippen molar-refractivity contribution >= 4 is 5.91 Å². The van der Waals surface area contributed by atoms with Gasteiger partial charge in [-0.15, -0.1) is 13.2 Å². The second kappa shape index (κ2) is 16.0. The number of aryl methyl sites for hydroxylation is 1. The first-order chi connectivity index (χ1) is 17.4. The van der Waals surface area contributed by atoms with Crippen LogP contribution >= 0.6 is 0 Å². The fourth-order valence-corrected chi connectivity index (χ4v) is 4.56. The van der Waals surface area contributed by atoms with Crippen LogP contribution in [0.3, 0.4) is 0 Å². The molecule has 36 heavy (non-hydrogen) atoms. The summed E-state index contributed by atoms with van der Waals surface area (Å²) in [6.45, 7) is 10.4. The number of amides is 1. The van der Waals surface area contributed by atoms with Crippen LogP contribution in [-0.2, 0) is 24.1 Å². The Morgan fingerprint density at radius 1 is 1.22 bits per heavy atom. The third-order valence-electron chi connectivity index (χ3n) is 6.36. The first-order valence-electron chi connectivity index (χ1n) is 12.7. The Labute approximate surface area is 213 Å². The number of aromatic nitrogens is 2. The number of pyridine rings is 1. The summed E-state index contributed by atoms with van der Waals surface area (Å²) in [5, 5.41) is 0. The molecule has 0 saturated heterocycles. The number of oxazole rings is 1. The Hall–Kier alpha value is -2.81. The van der Waals surface area contributed by atoms with Crippen LogP contribution < -0.4 is 10.5 Å². The van der Waals surface area contributed by atoms with Crippen molar-refractivity contribution in [2.75, 3.05) is 26.2 Å².